The van der Waals surface area contributed by atoms with E-state index in [-0.39, 0.29) is 5.92 Å². The molecule has 0 amide bonds. The molecule has 4 rings (SSSR count). The van der Waals surface area contributed by atoms with Crippen LogP contribution < -0.4 is 0 Å². The van der Waals surface area contributed by atoms with Gasteiger partial charge in [0.25, 0.3) is 0 Å². The highest BCUT2D eigenvalue weighted by Gasteiger charge is 2.32. The van der Waals surface area contributed by atoms with Crippen LogP contribution in [0.3, 0.4) is 0 Å². The van der Waals surface area contributed by atoms with E-state index in [1.54, 1.807) is 16.4 Å². The second-order valence-corrected chi connectivity index (χ2v) is 10.2. The van der Waals surface area contributed by atoms with Gasteiger partial charge in [-0.05, 0) is 43.4 Å². The molecule has 6 nitrogen and oxygen atoms in total. The summed E-state index contributed by atoms with van der Waals surface area (Å²) in [6.45, 7) is 7.11. The van der Waals surface area contributed by atoms with Crippen molar-refractivity contribution in [1.82, 2.24) is 14.4 Å². The standard InChI is InChI=1S/C23H27N3O3S/c1-16(2)18-8-10-21(11-9-18)30(27,28)26-14-12-20(13-15-26)23-24-22(25-29-23)19-6-4-17(3)5-7-19/h4-11,16,20H,12-15H2,1-3H3. The highest BCUT2D eigenvalue weighted by molar-refractivity contribution is 7.89. The molecule has 158 valence electrons. The van der Waals surface area contributed by atoms with E-state index in [0.29, 0.717) is 48.5 Å². The number of aryl methyl sites for hydroxylation is 1. The first-order valence-electron chi connectivity index (χ1n) is 10.4. The van der Waals surface area contributed by atoms with Crippen molar-refractivity contribution < 1.29 is 12.9 Å². The Bertz CT molecular complexity index is 1100. The molecular formula is C23H27N3O3S. The van der Waals surface area contributed by atoms with Crippen molar-refractivity contribution in [3.8, 4) is 11.4 Å². The maximum Gasteiger partial charge on any atom is 0.243 e. The summed E-state index contributed by atoms with van der Waals surface area (Å²) >= 11 is 0. The average molecular weight is 426 g/mol. The zero-order valence-electron chi connectivity index (χ0n) is 17.6. The number of piperidine rings is 1. The molecule has 0 radical (unpaired) electrons. The van der Waals surface area contributed by atoms with Crippen LogP contribution in [0.15, 0.2) is 57.9 Å². The summed E-state index contributed by atoms with van der Waals surface area (Å²) in [4.78, 5) is 4.91. The Hall–Kier alpha value is -2.51. The van der Waals surface area contributed by atoms with Crippen molar-refractivity contribution in [3.63, 3.8) is 0 Å². The van der Waals surface area contributed by atoms with Gasteiger partial charge in [0.2, 0.25) is 21.7 Å². The Morgan fingerprint density at radius 1 is 1.00 bits per heavy atom. The topological polar surface area (TPSA) is 76.3 Å². The monoisotopic (exact) mass is 425 g/mol. The third-order valence-corrected chi connectivity index (χ3v) is 7.65. The molecule has 2 aromatic carbocycles. The fourth-order valence-corrected chi connectivity index (χ4v) is 5.21. The average Bonchev–Trinajstić information content (AvgIpc) is 3.25. The maximum atomic E-state index is 13.0. The van der Waals surface area contributed by atoms with Gasteiger partial charge in [-0.15, -0.1) is 0 Å². The summed E-state index contributed by atoms with van der Waals surface area (Å²) in [5.74, 6) is 1.61. The fraction of sp³-hybridized carbons (Fsp3) is 0.391. The predicted octanol–water partition coefficient (Wildman–Crippen LogP) is 4.74. The lowest BCUT2D eigenvalue weighted by molar-refractivity contribution is 0.271. The smallest absolute Gasteiger partial charge is 0.243 e. The molecule has 1 aromatic heterocycles. The van der Waals surface area contributed by atoms with Crippen LogP contribution >= 0.6 is 0 Å². The summed E-state index contributed by atoms with van der Waals surface area (Å²) in [6, 6.07) is 15.2. The van der Waals surface area contributed by atoms with Gasteiger partial charge >= 0.3 is 0 Å². The minimum absolute atomic E-state index is 0.0754. The van der Waals surface area contributed by atoms with Crippen LogP contribution in [-0.4, -0.2) is 36.0 Å². The van der Waals surface area contributed by atoms with Gasteiger partial charge in [-0.3, -0.25) is 0 Å². The Morgan fingerprint density at radius 2 is 1.63 bits per heavy atom. The number of aromatic nitrogens is 2. The summed E-state index contributed by atoms with van der Waals surface area (Å²) in [7, 11) is -3.49. The summed E-state index contributed by atoms with van der Waals surface area (Å²) < 4.78 is 33.1. The van der Waals surface area contributed by atoms with E-state index in [1.807, 2.05) is 43.3 Å². The lowest BCUT2D eigenvalue weighted by Crippen LogP contribution is -2.37. The first kappa shape index (κ1) is 20.8. The first-order chi connectivity index (χ1) is 14.3. The second kappa shape index (κ2) is 8.32. The van der Waals surface area contributed by atoms with Crippen LogP contribution in [-0.2, 0) is 10.0 Å². The highest BCUT2D eigenvalue weighted by atomic mass is 32.2. The van der Waals surface area contributed by atoms with Gasteiger partial charge < -0.3 is 4.52 Å². The largest absolute Gasteiger partial charge is 0.339 e. The van der Waals surface area contributed by atoms with Crippen LogP contribution in [0.5, 0.6) is 0 Å². The Labute approximate surface area is 178 Å². The maximum absolute atomic E-state index is 13.0. The van der Waals surface area contributed by atoms with E-state index in [9.17, 15) is 8.42 Å². The fourth-order valence-electron chi connectivity index (χ4n) is 3.74. The number of benzene rings is 2. The van der Waals surface area contributed by atoms with E-state index < -0.39 is 10.0 Å². The quantitative estimate of drug-likeness (QED) is 0.590. The molecule has 0 bridgehead atoms. The summed E-state index contributed by atoms with van der Waals surface area (Å²) in [5.41, 5.74) is 3.23. The van der Waals surface area contributed by atoms with Crippen molar-refractivity contribution in [2.45, 2.75) is 50.3 Å². The van der Waals surface area contributed by atoms with E-state index in [2.05, 4.69) is 24.0 Å². The number of nitrogens with zero attached hydrogens (tertiary/aromatic N) is 3. The molecule has 0 N–H and O–H groups in total. The minimum Gasteiger partial charge on any atom is -0.339 e. The molecule has 0 saturated carbocycles. The molecule has 1 aliphatic rings. The molecule has 1 fully saturated rings. The predicted molar refractivity (Wildman–Crippen MR) is 116 cm³/mol. The minimum atomic E-state index is -3.49. The van der Waals surface area contributed by atoms with E-state index in [4.69, 9.17) is 4.52 Å². The first-order valence-corrected chi connectivity index (χ1v) is 11.8. The molecular weight excluding hydrogens is 398 g/mol. The van der Waals surface area contributed by atoms with Crippen molar-refractivity contribution in [2.75, 3.05) is 13.1 Å². The third-order valence-electron chi connectivity index (χ3n) is 5.74. The SMILES string of the molecule is Cc1ccc(-c2noc(C3CCN(S(=O)(=O)c4ccc(C(C)C)cc4)CC3)n2)cc1. The Balaban J connectivity index is 1.43. The molecule has 0 aliphatic carbocycles. The third kappa shape index (κ3) is 4.18. The molecule has 1 aliphatic heterocycles. The van der Waals surface area contributed by atoms with Crippen molar-refractivity contribution in [3.05, 3.63) is 65.5 Å². The van der Waals surface area contributed by atoms with E-state index in [1.165, 1.54) is 5.56 Å². The van der Waals surface area contributed by atoms with Crippen molar-refractivity contribution >= 4 is 10.0 Å². The van der Waals surface area contributed by atoms with Gasteiger partial charge in [-0.1, -0.05) is 61.0 Å². The van der Waals surface area contributed by atoms with Crippen molar-refractivity contribution in [2.24, 2.45) is 0 Å². The van der Waals surface area contributed by atoms with Gasteiger partial charge in [0, 0.05) is 24.6 Å². The lowest BCUT2D eigenvalue weighted by atomic mass is 9.98. The summed E-state index contributed by atoms with van der Waals surface area (Å²) in [6.07, 6.45) is 1.33. The van der Waals surface area contributed by atoms with Crippen LogP contribution in [0.4, 0.5) is 0 Å². The molecule has 7 heteroatoms. The number of rotatable bonds is 5. The van der Waals surface area contributed by atoms with Crippen LogP contribution in [0.2, 0.25) is 0 Å². The zero-order chi connectivity index (χ0) is 21.3. The van der Waals surface area contributed by atoms with E-state index in [0.717, 1.165) is 11.1 Å². The number of sulfonamides is 1. The van der Waals surface area contributed by atoms with Crippen LogP contribution in [0.1, 0.15) is 55.5 Å². The molecule has 0 unspecified atom stereocenters. The highest BCUT2D eigenvalue weighted by Crippen LogP contribution is 2.31. The van der Waals surface area contributed by atoms with Gasteiger partial charge in [0.15, 0.2) is 0 Å². The zero-order valence-corrected chi connectivity index (χ0v) is 18.4. The number of hydrogen-bond donors (Lipinski definition) is 0. The molecule has 0 spiro atoms. The summed E-state index contributed by atoms with van der Waals surface area (Å²) in [5, 5.41) is 4.11. The molecule has 1 saturated heterocycles. The van der Waals surface area contributed by atoms with Crippen LogP contribution in [0.25, 0.3) is 11.4 Å². The van der Waals surface area contributed by atoms with E-state index >= 15 is 0 Å². The van der Waals surface area contributed by atoms with Gasteiger partial charge in [0.1, 0.15) is 0 Å². The molecule has 2 heterocycles. The molecule has 3 aromatic rings. The van der Waals surface area contributed by atoms with Crippen LogP contribution in [0, 0.1) is 6.92 Å². The Kier molecular flexibility index (Phi) is 5.75. The number of hydrogen-bond acceptors (Lipinski definition) is 5. The van der Waals surface area contributed by atoms with Gasteiger partial charge in [0.05, 0.1) is 4.90 Å². The second-order valence-electron chi connectivity index (χ2n) is 8.22. The molecule has 30 heavy (non-hydrogen) atoms. The van der Waals surface area contributed by atoms with Gasteiger partial charge in [-0.25, -0.2) is 8.42 Å². The van der Waals surface area contributed by atoms with Crippen molar-refractivity contribution in [1.29, 1.82) is 0 Å². The normalized spacial score (nSPS) is 16.3. The lowest BCUT2D eigenvalue weighted by Gasteiger charge is -2.29. The van der Waals surface area contributed by atoms with Gasteiger partial charge in [-0.2, -0.15) is 9.29 Å². The molecule has 0 atom stereocenters. The Morgan fingerprint density at radius 3 is 2.23 bits per heavy atom.